The number of nitrogens with one attached hydrogen (secondary N) is 2. The molecule has 1 aromatic carbocycles. The second-order valence-corrected chi connectivity index (χ2v) is 10.4. The van der Waals surface area contributed by atoms with Gasteiger partial charge in [0.2, 0.25) is 5.91 Å². The van der Waals surface area contributed by atoms with Crippen molar-refractivity contribution in [3.63, 3.8) is 0 Å². The third kappa shape index (κ3) is 5.43. The predicted octanol–water partition coefficient (Wildman–Crippen LogP) is 5.76. The van der Waals surface area contributed by atoms with Crippen molar-refractivity contribution in [2.45, 2.75) is 52.6 Å². The smallest absolute Gasteiger partial charge is 0.226 e. The Morgan fingerprint density at radius 3 is 2.56 bits per heavy atom. The molecule has 2 N–H and O–H groups in total. The quantitative estimate of drug-likeness (QED) is 0.278. The van der Waals surface area contributed by atoms with Crippen molar-refractivity contribution in [1.29, 1.82) is 0 Å². The van der Waals surface area contributed by atoms with E-state index < -0.39 is 0 Å². The average molecular weight is 539 g/mol. The van der Waals surface area contributed by atoms with Crippen LogP contribution in [0.4, 0.5) is 5.69 Å². The summed E-state index contributed by atoms with van der Waals surface area (Å²) in [7, 11) is 0. The first kappa shape index (κ1) is 26.6. The molecule has 0 aliphatic carbocycles. The largest absolute Gasteiger partial charge is 0.352 e. The summed E-state index contributed by atoms with van der Waals surface area (Å²) < 4.78 is 2.18. The fraction of sp³-hybridized carbons (Fsp3) is 0.290. The summed E-state index contributed by atoms with van der Waals surface area (Å²) in [5, 5.41) is 7.22. The van der Waals surface area contributed by atoms with Crippen LogP contribution >= 0.6 is 12.2 Å². The lowest BCUT2D eigenvalue weighted by Gasteiger charge is -2.28. The van der Waals surface area contributed by atoms with Crippen molar-refractivity contribution >= 4 is 28.9 Å². The molecule has 4 heterocycles. The van der Waals surface area contributed by atoms with Crippen LogP contribution in [0, 0.1) is 20.8 Å². The minimum absolute atomic E-state index is 0.0342. The molecule has 0 spiro atoms. The fourth-order valence-corrected chi connectivity index (χ4v) is 5.73. The molecule has 0 unspecified atom stereocenters. The first-order valence-electron chi connectivity index (χ1n) is 13.3. The summed E-state index contributed by atoms with van der Waals surface area (Å²) in [5.74, 6) is 0.846. The van der Waals surface area contributed by atoms with Crippen molar-refractivity contribution in [3.8, 4) is 5.82 Å². The number of pyridine rings is 2. The summed E-state index contributed by atoms with van der Waals surface area (Å²) in [6.45, 7) is 8.82. The van der Waals surface area contributed by atoms with Crippen LogP contribution in [0.15, 0.2) is 73.1 Å². The number of aryl methyl sites for hydroxylation is 3. The zero-order valence-corrected chi connectivity index (χ0v) is 23.6. The van der Waals surface area contributed by atoms with Gasteiger partial charge >= 0.3 is 0 Å². The van der Waals surface area contributed by atoms with Crippen LogP contribution in [0.1, 0.15) is 59.2 Å². The maximum absolute atomic E-state index is 13.1. The van der Waals surface area contributed by atoms with Crippen molar-refractivity contribution in [2.75, 3.05) is 11.9 Å². The first-order valence-corrected chi connectivity index (χ1v) is 13.8. The second-order valence-electron chi connectivity index (χ2n) is 9.98. The lowest BCUT2D eigenvalue weighted by Crippen LogP contribution is -2.33. The molecule has 7 nitrogen and oxygen atoms in total. The molecular formula is C31H34N6OS. The third-order valence-electron chi connectivity index (χ3n) is 7.36. The molecule has 2 atom stereocenters. The number of para-hydroxylation sites is 1. The number of nitrogens with zero attached hydrogens (tertiary/aromatic N) is 4. The first-order chi connectivity index (χ1) is 18.9. The van der Waals surface area contributed by atoms with E-state index in [1.54, 1.807) is 6.20 Å². The van der Waals surface area contributed by atoms with Gasteiger partial charge in [-0.2, -0.15) is 0 Å². The van der Waals surface area contributed by atoms with E-state index in [1.807, 2.05) is 61.7 Å². The van der Waals surface area contributed by atoms with Crippen molar-refractivity contribution in [2.24, 2.45) is 0 Å². The lowest BCUT2D eigenvalue weighted by molar-refractivity contribution is -0.116. The van der Waals surface area contributed by atoms with Crippen molar-refractivity contribution < 1.29 is 4.79 Å². The molecule has 5 rings (SSSR count). The lowest BCUT2D eigenvalue weighted by atomic mass is 9.96. The number of thiocarbonyl (C=S) groups is 1. The molecule has 0 bridgehead atoms. The zero-order chi connectivity index (χ0) is 27.5. The van der Waals surface area contributed by atoms with Gasteiger partial charge in [0.15, 0.2) is 5.11 Å². The van der Waals surface area contributed by atoms with E-state index in [0.717, 1.165) is 51.7 Å². The minimum atomic E-state index is -0.150. The molecule has 200 valence electrons. The predicted molar refractivity (Wildman–Crippen MR) is 159 cm³/mol. The zero-order valence-electron chi connectivity index (χ0n) is 22.8. The van der Waals surface area contributed by atoms with Gasteiger partial charge in [-0.05, 0) is 86.4 Å². The van der Waals surface area contributed by atoms with Crippen LogP contribution in [-0.4, -0.2) is 37.0 Å². The van der Waals surface area contributed by atoms with Gasteiger partial charge in [-0.1, -0.05) is 37.3 Å². The van der Waals surface area contributed by atoms with Gasteiger partial charge < -0.3 is 20.1 Å². The minimum Gasteiger partial charge on any atom is -0.352 e. The number of carbonyl (C=O) groups excluding carboxylic acids is 1. The Kier molecular flexibility index (Phi) is 7.74. The van der Waals surface area contributed by atoms with Crippen molar-refractivity contribution in [1.82, 2.24) is 24.8 Å². The highest BCUT2D eigenvalue weighted by Gasteiger charge is 2.41. The average Bonchev–Trinajstić information content (AvgIpc) is 3.43. The number of hydrogen-bond acceptors (Lipinski definition) is 4. The molecule has 1 aliphatic heterocycles. The number of carbonyl (C=O) groups is 1. The normalized spacial score (nSPS) is 16.8. The monoisotopic (exact) mass is 538 g/mol. The number of aromatic nitrogens is 3. The third-order valence-corrected chi connectivity index (χ3v) is 7.72. The second kappa shape index (κ2) is 11.4. The van der Waals surface area contributed by atoms with E-state index in [0.29, 0.717) is 18.1 Å². The fourth-order valence-electron chi connectivity index (χ4n) is 5.40. The van der Waals surface area contributed by atoms with Crippen LogP contribution in [0.5, 0.6) is 0 Å². The SMILES string of the molecule is CCc1ccccc1NC(=O)CCN1C(=S)N[C@@H](c2ccccn2)[C@H]1c1cc(C)n(-c2ccc(C)cn2)c1C. The maximum atomic E-state index is 13.1. The highest BCUT2D eigenvalue weighted by Crippen LogP contribution is 2.41. The van der Waals surface area contributed by atoms with Crippen LogP contribution in [-0.2, 0) is 11.2 Å². The molecule has 1 amide bonds. The summed E-state index contributed by atoms with van der Waals surface area (Å²) in [6.07, 6.45) is 4.86. The van der Waals surface area contributed by atoms with Crippen LogP contribution in [0.3, 0.4) is 0 Å². The van der Waals surface area contributed by atoms with Crippen molar-refractivity contribution in [3.05, 3.63) is 107 Å². The molecule has 3 aromatic heterocycles. The van der Waals surface area contributed by atoms with Crippen LogP contribution < -0.4 is 10.6 Å². The maximum Gasteiger partial charge on any atom is 0.226 e. The molecule has 39 heavy (non-hydrogen) atoms. The number of amides is 1. The standard InChI is InChI=1S/C31H34N6OS/c1-5-23-10-6-7-11-25(23)34-28(38)15-17-36-30(29(35-31(36)39)26-12-8-9-16-32-26)24-18-21(3)37(22(24)4)27-14-13-20(2)19-33-27/h6-14,16,18-19,29-30H,5,15,17H2,1-4H3,(H,34,38)(H,35,39)/t29-,30+/m0/s1. The van der Waals surface area contributed by atoms with Gasteiger partial charge in [0.25, 0.3) is 0 Å². The van der Waals surface area contributed by atoms with E-state index in [1.165, 1.54) is 0 Å². The Morgan fingerprint density at radius 1 is 1.05 bits per heavy atom. The number of benzene rings is 1. The number of anilines is 1. The Balaban J connectivity index is 1.46. The summed E-state index contributed by atoms with van der Waals surface area (Å²) in [6, 6.07) is 19.9. The van der Waals surface area contributed by atoms with Gasteiger partial charge in [0.05, 0.1) is 17.8 Å². The summed E-state index contributed by atoms with van der Waals surface area (Å²) >= 11 is 5.84. The van der Waals surface area contributed by atoms with Gasteiger partial charge in [0, 0.05) is 42.4 Å². The molecule has 0 radical (unpaired) electrons. The van der Waals surface area contributed by atoms with E-state index in [2.05, 4.69) is 63.0 Å². The molecule has 4 aromatic rings. The van der Waals surface area contributed by atoms with E-state index in [4.69, 9.17) is 12.2 Å². The topological polar surface area (TPSA) is 75.1 Å². The van der Waals surface area contributed by atoms with E-state index in [9.17, 15) is 4.79 Å². The number of rotatable bonds is 8. The van der Waals surface area contributed by atoms with Crippen LogP contribution in [0.25, 0.3) is 5.82 Å². The van der Waals surface area contributed by atoms with Crippen LogP contribution in [0.2, 0.25) is 0 Å². The van der Waals surface area contributed by atoms with Gasteiger partial charge in [0.1, 0.15) is 5.82 Å². The molecular weight excluding hydrogens is 504 g/mol. The molecule has 1 saturated heterocycles. The van der Waals surface area contributed by atoms with Gasteiger partial charge in [-0.3, -0.25) is 9.78 Å². The molecule has 0 saturated carbocycles. The highest BCUT2D eigenvalue weighted by molar-refractivity contribution is 7.80. The van der Waals surface area contributed by atoms with Gasteiger partial charge in [-0.15, -0.1) is 0 Å². The number of hydrogen-bond donors (Lipinski definition) is 2. The van der Waals surface area contributed by atoms with E-state index in [-0.39, 0.29) is 18.0 Å². The summed E-state index contributed by atoms with van der Waals surface area (Å²) in [4.78, 5) is 24.5. The Labute approximate surface area is 235 Å². The Morgan fingerprint density at radius 2 is 1.85 bits per heavy atom. The highest BCUT2D eigenvalue weighted by atomic mass is 32.1. The summed E-state index contributed by atoms with van der Waals surface area (Å²) in [5.41, 5.74) is 7.33. The Bertz CT molecular complexity index is 1480. The van der Waals surface area contributed by atoms with Gasteiger partial charge in [-0.25, -0.2) is 4.98 Å². The molecule has 1 fully saturated rings. The molecule has 8 heteroatoms. The van der Waals surface area contributed by atoms with E-state index >= 15 is 0 Å². The molecule has 1 aliphatic rings. The Hall–Kier alpha value is -4.04.